The second-order valence-electron chi connectivity index (χ2n) is 14.9. The highest BCUT2D eigenvalue weighted by Crippen LogP contribution is 2.17. The van der Waals surface area contributed by atoms with Crippen molar-refractivity contribution in [3.8, 4) is 0 Å². The standard InChI is InChI=1S/C40H58ClN5O7/c1-27(2)22-32(36(48)40(5,52)26-41)43-39(51)34(24-30-14-10-7-11-15-30)45-38(50)33(23-28(3)4)44-37(49)31(17-16-29-12-8-6-9-13-29)42-35(47)25-46-18-20-53-21-19-46/h6-15,27-28,31-34,52H,16-26H2,1-5H3,(H,42,47)(H,43,51)(H,44,49)(H,45,50)/t31-,32-,33-,34-,40?/m0/s1. The molecule has 0 spiro atoms. The lowest BCUT2D eigenvalue weighted by Crippen LogP contribution is -2.60. The molecule has 2 aromatic carbocycles. The predicted molar refractivity (Wildman–Crippen MR) is 205 cm³/mol. The van der Waals surface area contributed by atoms with Crippen molar-refractivity contribution >= 4 is 41.0 Å². The van der Waals surface area contributed by atoms with Gasteiger partial charge in [0.2, 0.25) is 23.6 Å². The average Bonchev–Trinajstić information content (AvgIpc) is 3.12. The second kappa shape index (κ2) is 21.8. The third-order valence-corrected chi connectivity index (χ3v) is 9.59. The summed E-state index contributed by atoms with van der Waals surface area (Å²) in [6.07, 6.45) is 1.43. The molecule has 0 aromatic heterocycles. The smallest absolute Gasteiger partial charge is 0.243 e. The number of carbonyl (C=O) groups is 5. The second-order valence-corrected chi connectivity index (χ2v) is 15.2. The summed E-state index contributed by atoms with van der Waals surface area (Å²) in [4.78, 5) is 70.4. The van der Waals surface area contributed by atoms with Gasteiger partial charge in [0.1, 0.15) is 23.7 Å². The third-order valence-electron chi connectivity index (χ3n) is 9.07. The minimum atomic E-state index is -1.87. The monoisotopic (exact) mass is 755 g/mol. The fraction of sp³-hybridized carbons (Fsp3) is 0.575. The zero-order valence-electron chi connectivity index (χ0n) is 31.7. The molecule has 1 saturated heterocycles. The van der Waals surface area contributed by atoms with Gasteiger partial charge in [-0.25, -0.2) is 0 Å². The van der Waals surface area contributed by atoms with Crippen LogP contribution in [0.15, 0.2) is 60.7 Å². The molecule has 1 heterocycles. The van der Waals surface area contributed by atoms with Gasteiger partial charge in [-0.1, -0.05) is 88.4 Å². The molecule has 0 bridgehead atoms. The van der Waals surface area contributed by atoms with Crippen LogP contribution in [0.2, 0.25) is 0 Å². The van der Waals surface area contributed by atoms with E-state index < -0.39 is 53.3 Å². The molecule has 3 rings (SSSR count). The molecule has 12 nitrogen and oxygen atoms in total. The van der Waals surface area contributed by atoms with Gasteiger partial charge in [-0.05, 0) is 55.6 Å². The number of aryl methyl sites for hydroxylation is 1. The number of carbonyl (C=O) groups excluding carboxylic acids is 5. The van der Waals surface area contributed by atoms with Crippen molar-refractivity contribution in [1.29, 1.82) is 0 Å². The summed E-state index contributed by atoms with van der Waals surface area (Å²) in [7, 11) is 0. The van der Waals surface area contributed by atoms with Crippen molar-refractivity contribution in [3.05, 3.63) is 71.8 Å². The zero-order valence-corrected chi connectivity index (χ0v) is 32.5. The Labute approximate surface area is 319 Å². The fourth-order valence-corrected chi connectivity index (χ4v) is 6.28. The van der Waals surface area contributed by atoms with Gasteiger partial charge in [-0.3, -0.25) is 28.9 Å². The van der Waals surface area contributed by atoms with E-state index in [0.717, 1.165) is 11.1 Å². The largest absolute Gasteiger partial charge is 0.381 e. The van der Waals surface area contributed by atoms with Crippen LogP contribution in [-0.4, -0.2) is 108 Å². The van der Waals surface area contributed by atoms with Crippen molar-refractivity contribution in [1.82, 2.24) is 26.2 Å². The molecule has 4 amide bonds. The van der Waals surface area contributed by atoms with E-state index in [2.05, 4.69) is 21.3 Å². The number of ether oxygens (including phenoxy) is 1. The summed E-state index contributed by atoms with van der Waals surface area (Å²) in [5.74, 6) is -3.00. The van der Waals surface area contributed by atoms with Crippen molar-refractivity contribution in [2.45, 2.75) is 96.5 Å². The molecule has 5 N–H and O–H groups in total. The lowest BCUT2D eigenvalue weighted by molar-refractivity contribution is -0.139. The van der Waals surface area contributed by atoms with Gasteiger partial charge in [0.15, 0.2) is 5.78 Å². The number of rotatable bonds is 21. The molecule has 0 radical (unpaired) electrons. The number of halogens is 1. The quantitative estimate of drug-likeness (QED) is 0.121. The number of amides is 4. The molecule has 292 valence electrons. The first-order chi connectivity index (χ1) is 25.2. The number of ketones is 1. The SMILES string of the molecule is CC(C)C[C@H](NC(=O)[C@H](CCc1ccccc1)NC(=O)CN1CCOCC1)C(=O)N[C@@H](Cc1ccccc1)C(=O)N[C@@H](CC(C)C)C(=O)C(C)(O)CCl. The van der Waals surface area contributed by atoms with Crippen molar-refractivity contribution < 1.29 is 33.8 Å². The summed E-state index contributed by atoms with van der Waals surface area (Å²) in [5.41, 5.74) is -0.102. The molecule has 2 aromatic rings. The molecule has 0 saturated carbocycles. The van der Waals surface area contributed by atoms with E-state index in [1.165, 1.54) is 6.92 Å². The van der Waals surface area contributed by atoms with Crippen molar-refractivity contribution in [2.75, 3.05) is 38.7 Å². The fourth-order valence-electron chi connectivity index (χ4n) is 6.15. The molecule has 1 aliphatic heterocycles. The Kier molecular flexibility index (Phi) is 17.9. The lowest BCUT2D eigenvalue weighted by atomic mass is 9.90. The summed E-state index contributed by atoms with van der Waals surface area (Å²) >= 11 is 5.90. The highest BCUT2D eigenvalue weighted by atomic mass is 35.5. The molecule has 5 atom stereocenters. The van der Waals surface area contributed by atoms with E-state index in [1.54, 1.807) is 0 Å². The van der Waals surface area contributed by atoms with Gasteiger partial charge in [-0.15, -0.1) is 11.6 Å². The number of nitrogens with one attached hydrogen (secondary N) is 4. The molecule has 1 unspecified atom stereocenters. The van der Waals surface area contributed by atoms with Crippen LogP contribution in [0.5, 0.6) is 0 Å². The maximum absolute atomic E-state index is 14.1. The number of morpholine rings is 1. The Hall–Kier alpha value is -3.84. The molecule has 0 aliphatic carbocycles. The highest BCUT2D eigenvalue weighted by molar-refractivity contribution is 6.21. The summed E-state index contributed by atoms with van der Waals surface area (Å²) in [5, 5.41) is 22.1. The minimum absolute atomic E-state index is 0.00706. The van der Waals surface area contributed by atoms with Gasteiger partial charge in [0.25, 0.3) is 0 Å². The van der Waals surface area contributed by atoms with Gasteiger partial charge >= 0.3 is 0 Å². The summed E-state index contributed by atoms with van der Waals surface area (Å²) in [6, 6.07) is 14.6. The van der Waals surface area contributed by atoms with E-state index in [0.29, 0.717) is 39.1 Å². The number of benzene rings is 2. The number of hydrogen-bond donors (Lipinski definition) is 5. The molecule has 1 fully saturated rings. The number of alkyl halides is 1. The van der Waals surface area contributed by atoms with Crippen LogP contribution in [0.1, 0.15) is 65.0 Å². The minimum Gasteiger partial charge on any atom is -0.381 e. The summed E-state index contributed by atoms with van der Waals surface area (Å²) in [6.45, 7) is 11.3. The van der Waals surface area contributed by atoms with Crippen LogP contribution in [0.3, 0.4) is 0 Å². The van der Waals surface area contributed by atoms with Crippen molar-refractivity contribution in [2.24, 2.45) is 11.8 Å². The first kappa shape index (κ1) is 43.6. The summed E-state index contributed by atoms with van der Waals surface area (Å²) < 4.78 is 5.39. The highest BCUT2D eigenvalue weighted by Gasteiger charge is 2.38. The first-order valence-electron chi connectivity index (χ1n) is 18.6. The molecule has 1 aliphatic rings. The van der Waals surface area contributed by atoms with Gasteiger partial charge in [0.05, 0.1) is 31.7 Å². The Bertz CT molecular complexity index is 1470. The first-order valence-corrected chi connectivity index (χ1v) is 19.1. The molecular formula is C40H58ClN5O7. The van der Waals surface area contributed by atoms with Gasteiger partial charge in [0, 0.05) is 19.5 Å². The maximum atomic E-state index is 14.1. The topological polar surface area (TPSA) is 166 Å². The number of aliphatic hydroxyl groups is 1. The van der Waals surface area contributed by atoms with Crippen LogP contribution in [0.25, 0.3) is 0 Å². The zero-order chi connectivity index (χ0) is 39.0. The molecule has 13 heteroatoms. The van der Waals surface area contributed by atoms with Crippen LogP contribution < -0.4 is 21.3 Å². The van der Waals surface area contributed by atoms with Gasteiger partial charge in [-0.2, -0.15) is 0 Å². The van der Waals surface area contributed by atoms with E-state index in [-0.39, 0.29) is 49.4 Å². The maximum Gasteiger partial charge on any atom is 0.243 e. The predicted octanol–water partition coefficient (Wildman–Crippen LogP) is 2.78. The van der Waals surface area contributed by atoms with Crippen LogP contribution in [0.4, 0.5) is 0 Å². The van der Waals surface area contributed by atoms with Crippen LogP contribution in [-0.2, 0) is 41.6 Å². The Balaban J connectivity index is 1.84. The Morgan fingerprint density at radius 2 is 1.23 bits per heavy atom. The van der Waals surface area contributed by atoms with E-state index in [4.69, 9.17) is 16.3 Å². The van der Waals surface area contributed by atoms with Crippen LogP contribution in [0, 0.1) is 11.8 Å². The number of Topliss-reactive ketones (excluding diaryl/α,β-unsaturated/α-hetero) is 1. The number of hydrogen-bond acceptors (Lipinski definition) is 8. The van der Waals surface area contributed by atoms with E-state index in [9.17, 15) is 29.1 Å². The van der Waals surface area contributed by atoms with Gasteiger partial charge < -0.3 is 31.1 Å². The average molecular weight is 756 g/mol. The Morgan fingerprint density at radius 1 is 0.736 bits per heavy atom. The van der Waals surface area contributed by atoms with E-state index in [1.807, 2.05) is 93.3 Å². The normalized spacial score (nSPS) is 16.8. The van der Waals surface area contributed by atoms with Crippen LogP contribution >= 0.6 is 11.6 Å². The van der Waals surface area contributed by atoms with E-state index >= 15 is 0 Å². The lowest BCUT2D eigenvalue weighted by Gasteiger charge is -2.30. The molecule has 53 heavy (non-hydrogen) atoms. The Morgan fingerprint density at radius 3 is 1.79 bits per heavy atom. The van der Waals surface area contributed by atoms with Crippen molar-refractivity contribution in [3.63, 3.8) is 0 Å². The third kappa shape index (κ3) is 15.2. The molecular weight excluding hydrogens is 698 g/mol. The number of nitrogens with zero attached hydrogens (tertiary/aromatic N) is 1.